The Morgan fingerprint density at radius 1 is 1.36 bits per heavy atom. The van der Waals surface area contributed by atoms with Gasteiger partial charge >= 0.3 is 0 Å². The van der Waals surface area contributed by atoms with E-state index in [1.165, 1.54) is 38.2 Å². The smallest absolute Gasteiger partial charge is 0.0134 e. The molecule has 0 unspecified atom stereocenters. The van der Waals surface area contributed by atoms with Crippen LogP contribution in [0.3, 0.4) is 0 Å². The lowest BCUT2D eigenvalue weighted by atomic mass is 9.94. The predicted molar refractivity (Wildman–Crippen MR) is 75.6 cm³/mol. The van der Waals surface area contributed by atoms with E-state index in [0.717, 1.165) is 3.92 Å². The van der Waals surface area contributed by atoms with Gasteiger partial charge in [0.2, 0.25) is 0 Å². The Morgan fingerprint density at radius 3 is 2.43 bits per heavy atom. The highest BCUT2D eigenvalue weighted by atomic mass is 127. The van der Waals surface area contributed by atoms with E-state index in [9.17, 15) is 0 Å². The molecule has 0 aromatic heterocycles. The molecule has 0 bridgehead atoms. The summed E-state index contributed by atoms with van der Waals surface area (Å²) < 4.78 is 0.924. The van der Waals surface area contributed by atoms with Gasteiger partial charge in [-0.2, -0.15) is 11.8 Å². The van der Waals surface area contributed by atoms with Gasteiger partial charge in [-0.25, -0.2) is 0 Å². The molecule has 0 aromatic carbocycles. The molecule has 1 aliphatic heterocycles. The van der Waals surface area contributed by atoms with Crippen molar-refractivity contribution in [3.63, 3.8) is 0 Å². The molecule has 0 aromatic rings. The SMILES string of the molecule is CSCC(C)(C)CN1CCC(I)CC1. The first kappa shape index (κ1) is 13.1. The summed E-state index contributed by atoms with van der Waals surface area (Å²) in [7, 11) is 0. The van der Waals surface area contributed by atoms with E-state index >= 15 is 0 Å². The third kappa shape index (κ3) is 4.71. The lowest BCUT2D eigenvalue weighted by Crippen LogP contribution is -2.41. The molecule has 0 saturated carbocycles. The molecule has 14 heavy (non-hydrogen) atoms. The van der Waals surface area contributed by atoms with Crippen LogP contribution in [0.25, 0.3) is 0 Å². The maximum absolute atomic E-state index is 2.64. The molecule has 0 N–H and O–H groups in total. The summed E-state index contributed by atoms with van der Waals surface area (Å²) in [6, 6.07) is 0. The highest BCUT2D eigenvalue weighted by Gasteiger charge is 2.24. The normalized spacial score (nSPS) is 21.4. The number of hydrogen-bond acceptors (Lipinski definition) is 2. The molecule has 84 valence electrons. The summed E-state index contributed by atoms with van der Waals surface area (Å²) >= 11 is 4.56. The van der Waals surface area contributed by atoms with Crippen molar-refractivity contribution in [2.75, 3.05) is 31.6 Å². The topological polar surface area (TPSA) is 3.24 Å². The summed E-state index contributed by atoms with van der Waals surface area (Å²) in [5, 5.41) is 0. The maximum atomic E-state index is 2.64. The number of hydrogen-bond donors (Lipinski definition) is 0. The number of thioether (sulfide) groups is 1. The van der Waals surface area contributed by atoms with Crippen LogP contribution in [0.2, 0.25) is 0 Å². The molecule has 3 heteroatoms. The van der Waals surface area contributed by atoms with Crippen molar-refractivity contribution >= 4 is 34.4 Å². The third-order valence-corrected chi connectivity index (χ3v) is 5.02. The minimum atomic E-state index is 0.484. The van der Waals surface area contributed by atoms with Crippen LogP contribution in [0.1, 0.15) is 26.7 Å². The highest BCUT2D eigenvalue weighted by molar-refractivity contribution is 14.1. The standard InChI is InChI=1S/C11H22INS/c1-11(2,9-14-3)8-13-6-4-10(12)5-7-13/h10H,4-9H2,1-3H3. The Kier molecular flexibility index (Phi) is 5.57. The zero-order chi connectivity index (χ0) is 10.6. The fourth-order valence-electron chi connectivity index (χ4n) is 2.10. The van der Waals surface area contributed by atoms with Crippen LogP contribution < -0.4 is 0 Å². The van der Waals surface area contributed by atoms with Gasteiger partial charge in [-0.1, -0.05) is 36.4 Å². The average molecular weight is 327 g/mol. The van der Waals surface area contributed by atoms with E-state index in [0.29, 0.717) is 5.41 Å². The second-order valence-corrected chi connectivity index (χ2v) is 7.68. The van der Waals surface area contributed by atoms with E-state index in [2.05, 4.69) is 47.6 Å². The summed E-state index contributed by atoms with van der Waals surface area (Å²) in [5.74, 6) is 1.27. The van der Waals surface area contributed by atoms with Crippen LogP contribution >= 0.6 is 34.4 Å². The summed E-state index contributed by atoms with van der Waals surface area (Å²) in [4.78, 5) is 2.64. The van der Waals surface area contributed by atoms with E-state index in [-0.39, 0.29) is 0 Å². The summed E-state index contributed by atoms with van der Waals surface area (Å²) in [5.41, 5.74) is 0.484. The first-order valence-corrected chi connectivity index (χ1v) is 8.03. The van der Waals surface area contributed by atoms with E-state index in [4.69, 9.17) is 0 Å². The Bertz CT molecular complexity index is 165. The van der Waals surface area contributed by atoms with Crippen LogP contribution in [0.15, 0.2) is 0 Å². The largest absolute Gasteiger partial charge is 0.303 e. The minimum Gasteiger partial charge on any atom is -0.303 e. The zero-order valence-corrected chi connectivity index (χ0v) is 12.5. The minimum absolute atomic E-state index is 0.484. The summed E-state index contributed by atoms with van der Waals surface area (Å²) in [6.07, 6.45) is 4.98. The molecule has 1 saturated heterocycles. The van der Waals surface area contributed by atoms with Crippen LogP contribution in [0.4, 0.5) is 0 Å². The number of likely N-dealkylation sites (tertiary alicyclic amines) is 1. The molecule has 0 amide bonds. The van der Waals surface area contributed by atoms with Crippen molar-refractivity contribution in [1.82, 2.24) is 4.90 Å². The quantitative estimate of drug-likeness (QED) is 0.576. The Balaban J connectivity index is 2.29. The van der Waals surface area contributed by atoms with Crippen molar-refractivity contribution in [2.24, 2.45) is 5.41 Å². The number of halogens is 1. The molecule has 0 radical (unpaired) electrons. The van der Waals surface area contributed by atoms with Crippen LogP contribution in [-0.4, -0.2) is 40.5 Å². The van der Waals surface area contributed by atoms with Crippen LogP contribution in [0.5, 0.6) is 0 Å². The van der Waals surface area contributed by atoms with E-state index in [1.807, 2.05) is 11.8 Å². The second kappa shape index (κ2) is 5.94. The molecule has 0 atom stereocenters. The second-order valence-electron chi connectivity index (χ2n) is 5.05. The van der Waals surface area contributed by atoms with Gasteiger partial charge in [-0.3, -0.25) is 0 Å². The van der Waals surface area contributed by atoms with Crippen molar-refractivity contribution in [2.45, 2.75) is 30.6 Å². The average Bonchev–Trinajstić information content (AvgIpc) is 2.08. The number of piperidine rings is 1. The Labute approximate surface area is 107 Å². The lowest BCUT2D eigenvalue weighted by molar-refractivity contribution is 0.171. The van der Waals surface area contributed by atoms with Crippen molar-refractivity contribution < 1.29 is 0 Å². The van der Waals surface area contributed by atoms with Crippen molar-refractivity contribution in [1.29, 1.82) is 0 Å². The lowest BCUT2D eigenvalue weighted by Gasteiger charge is -2.36. The van der Waals surface area contributed by atoms with Gasteiger partial charge in [-0.15, -0.1) is 0 Å². The first-order chi connectivity index (χ1) is 6.53. The molecule has 1 aliphatic rings. The van der Waals surface area contributed by atoms with Gasteiger partial charge < -0.3 is 4.90 Å². The molecular weight excluding hydrogens is 305 g/mol. The molecule has 1 fully saturated rings. The Morgan fingerprint density at radius 2 is 1.93 bits per heavy atom. The number of nitrogens with zero attached hydrogens (tertiary/aromatic N) is 1. The van der Waals surface area contributed by atoms with E-state index < -0.39 is 0 Å². The van der Waals surface area contributed by atoms with Crippen LogP contribution in [0, 0.1) is 5.41 Å². The van der Waals surface area contributed by atoms with Gasteiger partial charge in [0.05, 0.1) is 0 Å². The van der Waals surface area contributed by atoms with Crippen molar-refractivity contribution in [3.8, 4) is 0 Å². The van der Waals surface area contributed by atoms with E-state index in [1.54, 1.807) is 0 Å². The third-order valence-electron chi connectivity index (χ3n) is 2.70. The first-order valence-electron chi connectivity index (χ1n) is 5.39. The monoisotopic (exact) mass is 327 g/mol. The van der Waals surface area contributed by atoms with Crippen molar-refractivity contribution in [3.05, 3.63) is 0 Å². The molecule has 1 heterocycles. The fourth-order valence-corrected chi connectivity index (χ4v) is 3.53. The molecule has 1 nitrogen and oxygen atoms in total. The Hall–Kier alpha value is 1.04. The van der Waals surface area contributed by atoms with Crippen LogP contribution in [-0.2, 0) is 0 Å². The van der Waals surface area contributed by atoms with Gasteiger partial charge in [0.1, 0.15) is 0 Å². The van der Waals surface area contributed by atoms with Gasteiger partial charge in [0, 0.05) is 10.5 Å². The number of rotatable bonds is 4. The highest BCUT2D eigenvalue weighted by Crippen LogP contribution is 2.25. The molecule has 1 rings (SSSR count). The molecule has 0 spiro atoms. The predicted octanol–water partition coefficient (Wildman–Crippen LogP) is 3.28. The molecule has 0 aliphatic carbocycles. The number of alkyl halides is 1. The van der Waals surface area contributed by atoms with Gasteiger partial charge in [0.25, 0.3) is 0 Å². The fraction of sp³-hybridized carbons (Fsp3) is 1.00. The summed E-state index contributed by atoms with van der Waals surface area (Å²) in [6.45, 7) is 8.67. The van der Waals surface area contributed by atoms with Gasteiger partial charge in [-0.05, 0) is 43.4 Å². The van der Waals surface area contributed by atoms with Gasteiger partial charge in [0.15, 0.2) is 0 Å². The zero-order valence-electron chi connectivity index (χ0n) is 9.55. The maximum Gasteiger partial charge on any atom is 0.0134 e. The molecular formula is C11H22INS.